The Morgan fingerprint density at radius 1 is 0.880 bits per heavy atom. The molecule has 0 bridgehead atoms. The van der Waals surface area contributed by atoms with Gasteiger partial charge in [-0.05, 0) is 52.0 Å². The molecule has 0 spiro atoms. The molecule has 1 N–H and O–H groups in total. The van der Waals surface area contributed by atoms with Crippen LogP contribution in [0.2, 0.25) is 0 Å². The molecule has 0 aromatic rings. The lowest BCUT2D eigenvalue weighted by Crippen LogP contribution is -2.52. The Hall–Kier alpha value is -0.200. The second kappa shape index (κ2) is 12.2. The van der Waals surface area contributed by atoms with E-state index >= 15 is 0 Å². The highest BCUT2D eigenvalue weighted by atomic mass is 16.5. The Bertz CT molecular complexity index is 318. The van der Waals surface area contributed by atoms with Crippen molar-refractivity contribution in [1.29, 1.82) is 0 Å². The number of aliphatic hydroxyl groups is 1. The smallest absolute Gasteiger partial charge is 0.0798 e. The zero-order valence-electron chi connectivity index (χ0n) is 17.3. The summed E-state index contributed by atoms with van der Waals surface area (Å²) in [6.45, 7) is 9.01. The normalized spacial score (nSPS) is 25.2. The van der Waals surface area contributed by atoms with Crippen molar-refractivity contribution in [3.05, 3.63) is 0 Å². The van der Waals surface area contributed by atoms with Crippen molar-refractivity contribution in [2.24, 2.45) is 0 Å². The van der Waals surface area contributed by atoms with E-state index in [9.17, 15) is 5.11 Å². The number of ether oxygens (including phenoxy) is 2. The summed E-state index contributed by atoms with van der Waals surface area (Å²) >= 11 is 0. The number of methoxy groups -OCH3 is 2. The number of likely N-dealkylation sites (tertiary alicyclic amines) is 2. The van der Waals surface area contributed by atoms with E-state index in [0.717, 1.165) is 58.4 Å². The molecule has 0 amide bonds. The van der Waals surface area contributed by atoms with Crippen molar-refractivity contribution < 1.29 is 14.6 Å². The van der Waals surface area contributed by atoms with E-state index in [0.29, 0.717) is 12.2 Å². The van der Waals surface area contributed by atoms with Gasteiger partial charge in [0.15, 0.2) is 0 Å². The summed E-state index contributed by atoms with van der Waals surface area (Å²) in [7, 11) is 5.71. The van der Waals surface area contributed by atoms with E-state index in [1.54, 1.807) is 14.2 Å². The van der Waals surface area contributed by atoms with E-state index in [1.807, 2.05) is 13.8 Å². The lowest BCUT2D eigenvalue weighted by molar-refractivity contribution is -0.0538. The predicted octanol–water partition coefficient (Wildman–Crippen LogP) is 2.77. The first-order chi connectivity index (χ1) is 12.0. The highest BCUT2D eigenvalue weighted by Crippen LogP contribution is 2.24. The van der Waals surface area contributed by atoms with Gasteiger partial charge in [-0.25, -0.2) is 0 Å². The lowest BCUT2D eigenvalue weighted by Gasteiger charge is -2.41. The summed E-state index contributed by atoms with van der Waals surface area (Å²) in [5, 5.41) is 10.6. The molecule has 3 aliphatic rings. The summed E-state index contributed by atoms with van der Waals surface area (Å²) in [6.07, 6.45) is 9.02. The van der Waals surface area contributed by atoms with Crippen LogP contribution in [0.25, 0.3) is 0 Å². The lowest BCUT2D eigenvalue weighted by atomic mass is 9.90. The third kappa shape index (κ3) is 8.35. The Labute approximate surface area is 155 Å². The Morgan fingerprint density at radius 2 is 1.36 bits per heavy atom. The maximum absolute atomic E-state index is 10.6. The molecular weight excluding hydrogens is 316 g/mol. The fourth-order valence-corrected chi connectivity index (χ4v) is 3.52. The summed E-state index contributed by atoms with van der Waals surface area (Å²) in [6, 6.07) is 0. The van der Waals surface area contributed by atoms with Gasteiger partial charge in [0.05, 0.1) is 17.8 Å². The van der Waals surface area contributed by atoms with Gasteiger partial charge in [-0.1, -0.05) is 13.8 Å². The standard InChI is InChI=1S/C13H26N2O2.C5H10O.C2H6/c1-14-9-5-13(16,6-10-14)11-15-7-3-12(17-2)4-8-15;1-6-5-3-2-4-5;1-2/h12,16H,3-11H2,1-2H3;5H,2-4H2,1H3;1-2H3. The average Bonchev–Trinajstić information content (AvgIpc) is 2.60. The fourth-order valence-electron chi connectivity index (χ4n) is 3.52. The quantitative estimate of drug-likeness (QED) is 0.837. The summed E-state index contributed by atoms with van der Waals surface area (Å²) in [5.41, 5.74) is -0.452. The summed E-state index contributed by atoms with van der Waals surface area (Å²) < 4.78 is 10.4. The monoisotopic (exact) mass is 358 g/mol. The summed E-state index contributed by atoms with van der Waals surface area (Å²) in [5.74, 6) is 0. The van der Waals surface area contributed by atoms with Crippen molar-refractivity contribution >= 4 is 0 Å². The molecular formula is C20H42N2O3. The van der Waals surface area contributed by atoms with E-state index in [4.69, 9.17) is 9.47 Å². The summed E-state index contributed by atoms with van der Waals surface area (Å²) in [4.78, 5) is 4.70. The largest absolute Gasteiger partial charge is 0.388 e. The third-order valence-corrected chi connectivity index (χ3v) is 5.69. The number of β-amino-alcohol motifs (C(OH)–C–C–N with tert-alkyl or cyclic N) is 1. The minimum absolute atomic E-state index is 0.429. The van der Waals surface area contributed by atoms with Gasteiger partial charge in [-0.15, -0.1) is 0 Å². The predicted molar refractivity (Wildman–Crippen MR) is 104 cm³/mol. The van der Waals surface area contributed by atoms with Gasteiger partial charge in [0.25, 0.3) is 0 Å². The maximum atomic E-state index is 10.6. The first-order valence-corrected chi connectivity index (χ1v) is 10.2. The molecule has 0 aromatic carbocycles. The topological polar surface area (TPSA) is 45.2 Å². The van der Waals surface area contributed by atoms with Gasteiger partial charge in [0.1, 0.15) is 0 Å². The zero-order chi connectivity index (χ0) is 18.7. The number of hydrogen-bond donors (Lipinski definition) is 1. The molecule has 1 saturated carbocycles. The van der Waals surface area contributed by atoms with Crippen LogP contribution in [-0.2, 0) is 9.47 Å². The van der Waals surface area contributed by atoms with Crippen LogP contribution in [0.3, 0.4) is 0 Å². The van der Waals surface area contributed by atoms with Gasteiger partial charge in [0, 0.05) is 46.9 Å². The number of nitrogens with zero attached hydrogens (tertiary/aromatic N) is 2. The first-order valence-electron chi connectivity index (χ1n) is 10.2. The molecule has 0 radical (unpaired) electrons. The fraction of sp³-hybridized carbons (Fsp3) is 1.00. The molecule has 1 aliphatic carbocycles. The highest BCUT2D eigenvalue weighted by molar-refractivity contribution is 4.89. The Balaban J connectivity index is 0.000000326. The molecule has 2 saturated heterocycles. The van der Waals surface area contributed by atoms with Crippen LogP contribution >= 0.6 is 0 Å². The SMILES string of the molecule is CC.COC1CCC1.COC1CCN(CC2(O)CCN(C)CC2)CC1. The zero-order valence-corrected chi connectivity index (χ0v) is 17.3. The van der Waals surface area contributed by atoms with Crippen molar-refractivity contribution in [2.75, 3.05) is 54.0 Å². The molecule has 0 aromatic heterocycles. The van der Waals surface area contributed by atoms with Crippen LogP contribution in [0.4, 0.5) is 0 Å². The van der Waals surface area contributed by atoms with Crippen molar-refractivity contribution in [3.8, 4) is 0 Å². The number of piperidine rings is 2. The Kier molecular flexibility index (Phi) is 11.2. The minimum Gasteiger partial charge on any atom is -0.388 e. The average molecular weight is 359 g/mol. The molecule has 25 heavy (non-hydrogen) atoms. The van der Waals surface area contributed by atoms with Gasteiger partial charge < -0.3 is 24.4 Å². The van der Waals surface area contributed by atoms with E-state index in [2.05, 4.69) is 16.8 Å². The second-order valence-corrected chi connectivity index (χ2v) is 7.53. The highest BCUT2D eigenvalue weighted by Gasteiger charge is 2.34. The van der Waals surface area contributed by atoms with Crippen LogP contribution in [0.15, 0.2) is 0 Å². The molecule has 0 unspecified atom stereocenters. The molecule has 2 aliphatic heterocycles. The minimum atomic E-state index is -0.452. The molecule has 150 valence electrons. The third-order valence-electron chi connectivity index (χ3n) is 5.69. The van der Waals surface area contributed by atoms with Crippen LogP contribution in [0.5, 0.6) is 0 Å². The first kappa shape index (κ1) is 22.8. The molecule has 2 heterocycles. The number of rotatable bonds is 4. The van der Waals surface area contributed by atoms with Crippen molar-refractivity contribution in [2.45, 2.75) is 76.6 Å². The van der Waals surface area contributed by atoms with Gasteiger partial charge in [-0.3, -0.25) is 0 Å². The van der Waals surface area contributed by atoms with Gasteiger partial charge in [-0.2, -0.15) is 0 Å². The molecule has 3 fully saturated rings. The second-order valence-electron chi connectivity index (χ2n) is 7.53. The molecule has 0 atom stereocenters. The van der Waals surface area contributed by atoms with Crippen LogP contribution in [-0.4, -0.2) is 86.7 Å². The van der Waals surface area contributed by atoms with E-state index in [1.165, 1.54) is 19.3 Å². The van der Waals surface area contributed by atoms with E-state index in [-0.39, 0.29) is 0 Å². The van der Waals surface area contributed by atoms with E-state index < -0.39 is 5.60 Å². The van der Waals surface area contributed by atoms with Gasteiger partial charge >= 0.3 is 0 Å². The molecule has 5 nitrogen and oxygen atoms in total. The molecule has 3 rings (SSSR count). The van der Waals surface area contributed by atoms with Gasteiger partial charge in [0.2, 0.25) is 0 Å². The maximum Gasteiger partial charge on any atom is 0.0798 e. The van der Waals surface area contributed by atoms with Crippen molar-refractivity contribution in [1.82, 2.24) is 9.80 Å². The van der Waals surface area contributed by atoms with Crippen LogP contribution in [0, 0.1) is 0 Å². The number of hydrogen-bond acceptors (Lipinski definition) is 5. The Morgan fingerprint density at radius 3 is 1.72 bits per heavy atom. The van der Waals surface area contributed by atoms with Crippen molar-refractivity contribution in [3.63, 3.8) is 0 Å². The van der Waals surface area contributed by atoms with Crippen LogP contribution in [0.1, 0.15) is 58.8 Å². The molecule has 5 heteroatoms. The van der Waals surface area contributed by atoms with Crippen LogP contribution < -0.4 is 0 Å².